The van der Waals surface area contributed by atoms with Crippen LogP contribution in [0.3, 0.4) is 0 Å². The normalized spacial score (nSPS) is 12.3. The van der Waals surface area contributed by atoms with E-state index in [1.165, 1.54) is 10.8 Å². The first kappa shape index (κ1) is 9.70. The molecule has 2 aromatic carbocycles. The van der Waals surface area contributed by atoms with E-state index in [0.29, 0.717) is 6.42 Å². The number of nitrogens with two attached hydrogens (primary N) is 1. The molecule has 0 unspecified atom stereocenters. The number of nitrogens with zero attached hydrogens (tertiary/aromatic N) is 1. The first-order chi connectivity index (χ1) is 7.31. The molecule has 0 radical (unpaired) electrons. The Kier molecular flexibility index (Phi) is 2.66. The van der Waals surface area contributed by atoms with Gasteiger partial charge in [-0.05, 0) is 22.4 Å². The molecule has 0 aromatic heterocycles. The predicted octanol–water partition coefficient (Wildman–Crippen LogP) is 2.75. The molecule has 0 aliphatic carbocycles. The highest BCUT2D eigenvalue weighted by molar-refractivity contribution is 5.83. The molecule has 2 nitrogen and oxygen atoms in total. The summed E-state index contributed by atoms with van der Waals surface area (Å²) in [4.78, 5) is 0. The number of hydrogen-bond acceptors (Lipinski definition) is 2. The van der Waals surface area contributed by atoms with Crippen molar-refractivity contribution in [2.75, 3.05) is 0 Å². The Balaban J connectivity index is 2.43. The van der Waals surface area contributed by atoms with Gasteiger partial charge in [-0.25, -0.2) is 0 Å². The fraction of sp³-hybridized carbons (Fsp3) is 0.154. The SMILES string of the molecule is N#CC[C@@H](N)c1ccc2ccccc2c1. The number of nitriles is 1. The molecule has 0 fully saturated rings. The Morgan fingerprint density at radius 3 is 2.60 bits per heavy atom. The maximum absolute atomic E-state index is 8.58. The zero-order valence-electron chi connectivity index (χ0n) is 8.35. The van der Waals surface area contributed by atoms with Gasteiger partial charge in [0.15, 0.2) is 0 Å². The summed E-state index contributed by atoms with van der Waals surface area (Å²) in [6, 6.07) is 16.1. The summed E-state index contributed by atoms with van der Waals surface area (Å²) in [7, 11) is 0. The molecule has 0 spiro atoms. The lowest BCUT2D eigenvalue weighted by Crippen LogP contribution is -2.08. The van der Waals surface area contributed by atoms with Crippen LogP contribution in [0.1, 0.15) is 18.0 Å². The minimum atomic E-state index is -0.181. The van der Waals surface area contributed by atoms with E-state index in [9.17, 15) is 0 Å². The Morgan fingerprint density at radius 1 is 1.13 bits per heavy atom. The number of benzene rings is 2. The van der Waals surface area contributed by atoms with E-state index in [1.54, 1.807) is 0 Å². The Morgan fingerprint density at radius 2 is 1.87 bits per heavy atom. The van der Waals surface area contributed by atoms with Crippen LogP contribution in [-0.2, 0) is 0 Å². The fourth-order valence-electron chi connectivity index (χ4n) is 1.65. The van der Waals surface area contributed by atoms with Gasteiger partial charge in [-0.3, -0.25) is 0 Å². The van der Waals surface area contributed by atoms with Gasteiger partial charge in [-0.15, -0.1) is 0 Å². The van der Waals surface area contributed by atoms with Crippen molar-refractivity contribution < 1.29 is 0 Å². The van der Waals surface area contributed by atoms with Crippen LogP contribution in [0.2, 0.25) is 0 Å². The third-order valence-corrected chi connectivity index (χ3v) is 2.51. The summed E-state index contributed by atoms with van der Waals surface area (Å²) in [5.41, 5.74) is 6.90. The van der Waals surface area contributed by atoms with Crippen LogP contribution in [0.25, 0.3) is 10.8 Å². The molecule has 0 amide bonds. The molecular weight excluding hydrogens is 184 g/mol. The van der Waals surface area contributed by atoms with Crippen molar-refractivity contribution in [3.8, 4) is 6.07 Å². The molecule has 0 heterocycles. The second-order valence-electron chi connectivity index (χ2n) is 3.58. The smallest absolute Gasteiger partial charge is 0.0641 e. The van der Waals surface area contributed by atoms with Gasteiger partial charge in [0.05, 0.1) is 12.5 Å². The molecule has 74 valence electrons. The van der Waals surface area contributed by atoms with Gasteiger partial charge in [0.2, 0.25) is 0 Å². The Bertz CT molecular complexity index is 511. The lowest BCUT2D eigenvalue weighted by molar-refractivity contribution is 0.750. The van der Waals surface area contributed by atoms with E-state index in [-0.39, 0.29) is 6.04 Å². The largest absolute Gasteiger partial charge is 0.323 e. The first-order valence-electron chi connectivity index (χ1n) is 4.92. The third-order valence-electron chi connectivity index (χ3n) is 2.51. The topological polar surface area (TPSA) is 49.8 Å². The molecule has 0 aliphatic rings. The van der Waals surface area contributed by atoms with Crippen molar-refractivity contribution in [3.05, 3.63) is 48.0 Å². The highest BCUT2D eigenvalue weighted by Crippen LogP contribution is 2.20. The van der Waals surface area contributed by atoms with Crippen molar-refractivity contribution in [1.29, 1.82) is 5.26 Å². The summed E-state index contributed by atoms with van der Waals surface area (Å²) in [6.45, 7) is 0. The molecule has 0 saturated heterocycles. The lowest BCUT2D eigenvalue weighted by atomic mass is 10.0. The van der Waals surface area contributed by atoms with E-state index in [2.05, 4.69) is 24.3 Å². The zero-order valence-corrected chi connectivity index (χ0v) is 8.35. The number of fused-ring (bicyclic) bond motifs is 1. The minimum Gasteiger partial charge on any atom is -0.323 e. The zero-order chi connectivity index (χ0) is 10.7. The number of hydrogen-bond donors (Lipinski definition) is 1. The van der Waals surface area contributed by atoms with Gasteiger partial charge in [-0.1, -0.05) is 36.4 Å². The van der Waals surface area contributed by atoms with Crippen LogP contribution >= 0.6 is 0 Å². The average molecular weight is 196 g/mol. The third kappa shape index (κ3) is 1.98. The fourth-order valence-corrected chi connectivity index (χ4v) is 1.65. The highest BCUT2D eigenvalue weighted by Gasteiger charge is 2.05. The van der Waals surface area contributed by atoms with E-state index in [1.807, 2.05) is 24.3 Å². The molecule has 1 atom stereocenters. The number of rotatable bonds is 2. The van der Waals surface area contributed by atoms with E-state index < -0.39 is 0 Å². The second-order valence-corrected chi connectivity index (χ2v) is 3.58. The molecule has 0 bridgehead atoms. The van der Waals surface area contributed by atoms with Crippen LogP contribution in [0, 0.1) is 11.3 Å². The highest BCUT2D eigenvalue weighted by atomic mass is 14.6. The Labute approximate surface area is 88.9 Å². The lowest BCUT2D eigenvalue weighted by Gasteiger charge is -2.08. The summed E-state index contributed by atoms with van der Waals surface area (Å²) in [5, 5.41) is 11.0. The maximum Gasteiger partial charge on any atom is 0.0641 e. The van der Waals surface area contributed by atoms with Gasteiger partial charge in [0.1, 0.15) is 0 Å². The van der Waals surface area contributed by atoms with Gasteiger partial charge < -0.3 is 5.73 Å². The van der Waals surface area contributed by atoms with Crippen LogP contribution in [0.5, 0.6) is 0 Å². The summed E-state index contributed by atoms with van der Waals surface area (Å²) < 4.78 is 0. The molecule has 0 aliphatic heterocycles. The van der Waals surface area contributed by atoms with Gasteiger partial charge >= 0.3 is 0 Å². The first-order valence-corrected chi connectivity index (χ1v) is 4.92. The summed E-state index contributed by atoms with van der Waals surface area (Å²) >= 11 is 0. The summed E-state index contributed by atoms with van der Waals surface area (Å²) in [5.74, 6) is 0. The van der Waals surface area contributed by atoms with Crippen LogP contribution < -0.4 is 5.73 Å². The van der Waals surface area contributed by atoms with E-state index in [4.69, 9.17) is 11.0 Å². The quantitative estimate of drug-likeness (QED) is 0.802. The summed E-state index contributed by atoms with van der Waals surface area (Å²) in [6.07, 6.45) is 0.359. The molecule has 15 heavy (non-hydrogen) atoms. The monoisotopic (exact) mass is 196 g/mol. The molecule has 2 aromatic rings. The van der Waals surface area contributed by atoms with Crippen molar-refractivity contribution in [1.82, 2.24) is 0 Å². The molecule has 2 heteroatoms. The molecule has 0 saturated carbocycles. The molecule has 2 N–H and O–H groups in total. The molecule has 2 rings (SSSR count). The van der Waals surface area contributed by atoms with Crippen molar-refractivity contribution in [2.24, 2.45) is 5.73 Å². The molecular formula is C13H12N2. The predicted molar refractivity (Wildman–Crippen MR) is 61.1 cm³/mol. The van der Waals surface area contributed by atoms with E-state index in [0.717, 1.165) is 5.56 Å². The van der Waals surface area contributed by atoms with Gasteiger partial charge in [0.25, 0.3) is 0 Å². The van der Waals surface area contributed by atoms with Crippen LogP contribution in [-0.4, -0.2) is 0 Å². The second kappa shape index (κ2) is 4.12. The minimum absolute atomic E-state index is 0.181. The van der Waals surface area contributed by atoms with Crippen LogP contribution in [0.4, 0.5) is 0 Å². The van der Waals surface area contributed by atoms with Crippen molar-refractivity contribution in [3.63, 3.8) is 0 Å². The maximum atomic E-state index is 8.58. The van der Waals surface area contributed by atoms with Gasteiger partial charge in [0, 0.05) is 6.04 Å². The van der Waals surface area contributed by atoms with Gasteiger partial charge in [-0.2, -0.15) is 5.26 Å². The van der Waals surface area contributed by atoms with E-state index >= 15 is 0 Å². The van der Waals surface area contributed by atoms with Crippen molar-refractivity contribution in [2.45, 2.75) is 12.5 Å². The Hall–Kier alpha value is -1.85. The standard InChI is InChI=1S/C13H12N2/c14-8-7-13(15)12-6-5-10-3-1-2-4-11(10)9-12/h1-6,9,13H,7,15H2/t13-/m1/s1. The van der Waals surface area contributed by atoms with Crippen molar-refractivity contribution >= 4 is 10.8 Å². The van der Waals surface area contributed by atoms with Crippen LogP contribution in [0.15, 0.2) is 42.5 Å². The average Bonchev–Trinajstić information content (AvgIpc) is 2.29.